The van der Waals surface area contributed by atoms with E-state index in [1.807, 2.05) is 0 Å². The van der Waals surface area contributed by atoms with Gasteiger partial charge in [-0.05, 0) is 30.3 Å². The second-order valence-corrected chi connectivity index (χ2v) is 6.01. The van der Waals surface area contributed by atoms with Crippen LogP contribution in [0.2, 0.25) is 0 Å². The van der Waals surface area contributed by atoms with Gasteiger partial charge in [-0.25, -0.2) is 9.36 Å². The lowest BCUT2D eigenvalue weighted by Gasteiger charge is -2.07. The number of aromatic amines is 1. The second kappa shape index (κ2) is 4.93. The molecule has 0 amide bonds. The molecule has 0 radical (unpaired) electrons. The molecule has 3 rings (SSSR count). The van der Waals surface area contributed by atoms with Crippen molar-refractivity contribution in [2.24, 2.45) is 0 Å². The lowest BCUT2D eigenvalue weighted by atomic mass is 10.2. The highest BCUT2D eigenvalue weighted by Gasteiger charge is 2.14. The van der Waals surface area contributed by atoms with Crippen molar-refractivity contribution in [1.82, 2.24) is 9.55 Å². The maximum atomic E-state index is 12.5. The molecule has 0 bridgehead atoms. The molecule has 0 saturated carbocycles. The fraction of sp³-hybridized carbons (Fsp3) is 0. The van der Waals surface area contributed by atoms with Gasteiger partial charge in [0.1, 0.15) is 0 Å². The van der Waals surface area contributed by atoms with Crippen LogP contribution in [0.4, 0.5) is 0 Å². The molecule has 0 atom stereocenters. The molecular weight excluding hydrogens is 308 g/mol. The van der Waals surface area contributed by atoms with Crippen LogP contribution in [0.25, 0.3) is 16.6 Å². The van der Waals surface area contributed by atoms with Gasteiger partial charge in [-0.1, -0.05) is 18.2 Å². The Morgan fingerprint density at radius 2 is 1.68 bits per heavy atom. The first-order valence-corrected chi connectivity index (χ1v) is 7.64. The van der Waals surface area contributed by atoms with Crippen molar-refractivity contribution >= 4 is 21.0 Å². The molecule has 1 aromatic heterocycles. The smallest absolute Gasteiger partial charge is 0.306 e. The molecule has 22 heavy (non-hydrogen) atoms. The van der Waals surface area contributed by atoms with Gasteiger partial charge < -0.3 is 4.98 Å². The topological polar surface area (TPSA) is 109 Å². The molecule has 0 fully saturated rings. The number of fused-ring (bicyclic) bond motifs is 1. The van der Waals surface area contributed by atoms with Crippen molar-refractivity contribution in [3.8, 4) is 5.69 Å². The average molecular weight is 318 g/mol. The van der Waals surface area contributed by atoms with E-state index in [1.54, 1.807) is 30.3 Å². The van der Waals surface area contributed by atoms with Crippen molar-refractivity contribution in [2.45, 2.75) is 4.90 Å². The zero-order chi connectivity index (χ0) is 15.9. The number of rotatable bonds is 2. The number of hydrogen-bond acceptors (Lipinski definition) is 4. The Labute approximate surface area is 124 Å². The molecule has 1 heterocycles. The number of aromatic nitrogens is 2. The summed E-state index contributed by atoms with van der Waals surface area (Å²) in [6, 6.07) is 11.6. The number of nitrogens with one attached hydrogen (secondary N) is 1. The number of hydrogen-bond donors (Lipinski definition) is 2. The molecule has 0 unspecified atom stereocenters. The summed E-state index contributed by atoms with van der Waals surface area (Å²) in [4.78, 5) is 26.7. The number of nitrogens with zero attached hydrogens (tertiary/aromatic N) is 1. The van der Waals surface area contributed by atoms with E-state index < -0.39 is 26.3 Å². The SMILES string of the molecule is O=c1[nH]c2ccc(S(=O)(=O)O)cc2c(=O)n1-c1ccccc1. The summed E-state index contributed by atoms with van der Waals surface area (Å²) in [6.45, 7) is 0. The number of para-hydroxylation sites is 1. The van der Waals surface area contributed by atoms with Crippen LogP contribution in [0.1, 0.15) is 0 Å². The van der Waals surface area contributed by atoms with Gasteiger partial charge >= 0.3 is 5.69 Å². The molecule has 0 saturated heterocycles. The molecule has 2 aromatic carbocycles. The minimum Gasteiger partial charge on any atom is -0.306 e. The first kappa shape index (κ1) is 14.2. The Hall–Kier alpha value is -2.71. The third kappa shape index (κ3) is 2.34. The van der Waals surface area contributed by atoms with Crippen molar-refractivity contribution in [2.75, 3.05) is 0 Å². The minimum atomic E-state index is -4.44. The van der Waals surface area contributed by atoms with E-state index in [9.17, 15) is 18.0 Å². The zero-order valence-electron chi connectivity index (χ0n) is 11.1. The van der Waals surface area contributed by atoms with Gasteiger partial charge in [0.05, 0.1) is 21.5 Å². The number of H-pyrrole nitrogens is 1. The highest BCUT2D eigenvalue weighted by Crippen LogP contribution is 2.14. The lowest BCUT2D eigenvalue weighted by Crippen LogP contribution is -2.33. The molecule has 3 aromatic rings. The number of benzene rings is 2. The van der Waals surface area contributed by atoms with Gasteiger partial charge in [0.2, 0.25) is 0 Å². The molecule has 0 aliphatic rings. The fourth-order valence-electron chi connectivity index (χ4n) is 2.17. The molecule has 8 heteroatoms. The van der Waals surface area contributed by atoms with E-state index in [1.165, 1.54) is 6.07 Å². The van der Waals surface area contributed by atoms with E-state index in [-0.39, 0.29) is 10.9 Å². The van der Waals surface area contributed by atoms with Gasteiger partial charge in [-0.2, -0.15) is 8.42 Å². The molecule has 2 N–H and O–H groups in total. The standard InChI is InChI=1S/C14H10N2O5S/c17-13-11-8-10(22(19,20)21)6-7-12(11)15-14(18)16(13)9-4-2-1-3-5-9/h1-8H,(H,15,18)(H,19,20,21). The van der Waals surface area contributed by atoms with Crippen molar-refractivity contribution in [1.29, 1.82) is 0 Å². The normalized spacial score (nSPS) is 11.7. The van der Waals surface area contributed by atoms with Crippen LogP contribution in [0, 0.1) is 0 Å². The van der Waals surface area contributed by atoms with Crippen LogP contribution < -0.4 is 11.2 Å². The molecule has 112 valence electrons. The van der Waals surface area contributed by atoms with Gasteiger partial charge in [0.25, 0.3) is 15.7 Å². The molecule has 7 nitrogen and oxygen atoms in total. The Kier molecular flexibility index (Phi) is 3.19. The first-order chi connectivity index (χ1) is 10.4. The highest BCUT2D eigenvalue weighted by atomic mass is 32.2. The van der Waals surface area contributed by atoms with Crippen molar-refractivity contribution < 1.29 is 13.0 Å². The summed E-state index contributed by atoms with van der Waals surface area (Å²) in [5.74, 6) is 0. The Morgan fingerprint density at radius 1 is 1.00 bits per heavy atom. The van der Waals surface area contributed by atoms with Crippen LogP contribution in [0.3, 0.4) is 0 Å². The van der Waals surface area contributed by atoms with Gasteiger partial charge in [0, 0.05) is 0 Å². The third-order valence-electron chi connectivity index (χ3n) is 3.18. The van der Waals surface area contributed by atoms with Crippen LogP contribution in [-0.2, 0) is 10.1 Å². The fourth-order valence-corrected chi connectivity index (χ4v) is 2.67. The third-order valence-corrected chi connectivity index (χ3v) is 4.03. The average Bonchev–Trinajstić information content (AvgIpc) is 2.47. The largest absolute Gasteiger partial charge is 0.333 e. The molecule has 0 aliphatic heterocycles. The summed E-state index contributed by atoms with van der Waals surface area (Å²) in [5.41, 5.74) is -0.763. The second-order valence-electron chi connectivity index (χ2n) is 4.59. The van der Waals surface area contributed by atoms with Gasteiger partial charge in [0.15, 0.2) is 0 Å². The minimum absolute atomic E-state index is 0.0152. The summed E-state index contributed by atoms with van der Waals surface area (Å²) >= 11 is 0. The van der Waals surface area contributed by atoms with Gasteiger partial charge in [-0.15, -0.1) is 0 Å². The van der Waals surface area contributed by atoms with E-state index in [0.29, 0.717) is 5.69 Å². The predicted octanol–water partition coefficient (Wildman–Crippen LogP) is 0.926. The Bertz CT molecular complexity index is 1080. The van der Waals surface area contributed by atoms with Crippen molar-refractivity contribution in [3.05, 3.63) is 69.4 Å². The zero-order valence-corrected chi connectivity index (χ0v) is 11.9. The quantitative estimate of drug-likeness (QED) is 0.683. The Morgan fingerprint density at radius 3 is 2.32 bits per heavy atom. The van der Waals surface area contributed by atoms with Crippen LogP contribution >= 0.6 is 0 Å². The van der Waals surface area contributed by atoms with Gasteiger partial charge in [-0.3, -0.25) is 9.35 Å². The lowest BCUT2D eigenvalue weighted by molar-refractivity contribution is 0.483. The van der Waals surface area contributed by atoms with Crippen LogP contribution in [0.5, 0.6) is 0 Å². The summed E-state index contributed by atoms with van der Waals surface area (Å²) in [7, 11) is -4.44. The first-order valence-electron chi connectivity index (χ1n) is 6.20. The maximum absolute atomic E-state index is 12.5. The van der Waals surface area contributed by atoms with E-state index in [0.717, 1.165) is 16.7 Å². The van der Waals surface area contributed by atoms with E-state index >= 15 is 0 Å². The Balaban J connectivity index is 2.42. The maximum Gasteiger partial charge on any atom is 0.333 e. The highest BCUT2D eigenvalue weighted by molar-refractivity contribution is 7.85. The van der Waals surface area contributed by atoms with Crippen LogP contribution in [0.15, 0.2) is 63.0 Å². The molecule has 0 aliphatic carbocycles. The predicted molar refractivity (Wildman–Crippen MR) is 80.0 cm³/mol. The molecule has 0 spiro atoms. The summed E-state index contributed by atoms with van der Waals surface area (Å²) < 4.78 is 32.3. The summed E-state index contributed by atoms with van der Waals surface area (Å²) in [5, 5.41) is -0.0152. The van der Waals surface area contributed by atoms with Crippen LogP contribution in [-0.4, -0.2) is 22.5 Å². The van der Waals surface area contributed by atoms with Crippen molar-refractivity contribution in [3.63, 3.8) is 0 Å². The monoisotopic (exact) mass is 318 g/mol. The molecular formula is C14H10N2O5S. The summed E-state index contributed by atoms with van der Waals surface area (Å²) in [6.07, 6.45) is 0. The van der Waals surface area contributed by atoms with E-state index in [4.69, 9.17) is 4.55 Å². The van der Waals surface area contributed by atoms with E-state index in [2.05, 4.69) is 4.98 Å².